The minimum atomic E-state index is 0.0630. The number of nitrogens with zero attached hydrogens (tertiary/aromatic N) is 2. The second kappa shape index (κ2) is 5.74. The summed E-state index contributed by atoms with van der Waals surface area (Å²) in [5, 5.41) is 0. The molecule has 0 aromatic heterocycles. The average molecular weight is 325 g/mol. The van der Waals surface area contributed by atoms with Crippen LogP contribution in [-0.2, 0) is 4.79 Å². The number of benzene rings is 1. The molecule has 0 spiro atoms. The second-order valence-electron chi connectivity index (χ2n) is 4.85. The summed E-state index contributed by atoms with van der Waals surface area (Å²) in [6.45, 7) is 6.34. The highest BCUT2D eigenvalue weighted by atomic mass is 79.9. The summed E-state index contributed by atoms with van der Waals surface area (Å²) in [5.41, 5.74) is 2.74. The van der Waals surface area contributed by atoms with Gasteiger partial charge in [0.05, 0.1) is 0 Å². The van der Waals surface area contributed by atoms with E-state index in [9.17, 15) is 9.59 Å². The van der Waals surface area contributed by atoms with Crippen molar-refractivity contribution in [2.24, 2.45) is 0 Å². The molecule has 0 bridgehead atoms. The van der Waals surface area contributed by atoms with E-state index in [0.29, 0.717) is 26.2 Å². The molecular formula is C14H17BrN2O2. The summed E-state index contributed by atoms with van der Waals surface area (Å²) in [7, 11) is 0. The van der Waals surface area contributed by atoms with Crippen molar-refractivity contribution in [3.63, 3.8) is 0 Å². The highest BCUT2D eigenvalue weighted by Gasteiger charge is 2.23. The molecule has 0 aliphatic carbocycles. The van der Waals surface area contributed by atoms with E-state index in [1.54, 1.807) is 4.90 Å². The van der Waals surface area contributed by atoms with Crippen molar-refractivity contribution >= 4 is 28.2 Å². The maximum Gasteiger partial charge on any atom is 0.254 e. The van der Waals surface area contributed by atoms with Gasteiger partial charge in [0, 0.05) is 36.2 Å². The van der Waals surface area contributed by atoms with Gasteiger partial charge in [0.15, 0.2) is 0 Å². The Labute approximate surface area is 121 Å². The predicted octanol–water partition coefficient (Wildman–Crippen LogP) is 1.98. The smallest absolute Gasteiger partial charge is 0.254 e. The molecule has 4 nitrogen and oxygen atoms in total. The van der Waals surface area contributed by atoms with E-state index in [4.69, 9.17) is 0 Å². The largest absolute Gasteiger partial charge is 0.342 e. The molecule has 0 unspecified atom stereocenters. The van der Waals surface area contributed by atoms with Crippen molar-refractivity contribution < 1.29 is 9.59 Å². The molecule has 1 aromatic carbocycles. The van der Waals surface area contributed by atoms with Crippen LogP contribution in [0.15, 0.2) is 16.6 Å². The standard InChI is InChI=1S/C14H17BrN2O2/c1-10-7-12(15)8-11(2)13(10)14(19)17-5-3-16(9-18)4-6-17/h7-9H,3-6H2,1-2H3. The minimum absolute atomic E-state index is 0.0630. The number of piperazine rings is 1. The summed E-state index contributed by atoms with van der Waals surface area (Å²) >= 11 is 3.44. The molecule has 1 saturated heterocycles. The van der Waals surface area contributed by atoms with Gasteiger partial charge in [-0.05, 0) is 37.1 Å². The molecule has 1 fully saturated rings. The molecule has 19 heavy (non-hydrogen) atoms. The summed E-state index contributed by atoms with van der Waals surface area (Å²) in [4.78, 5) is 26.7. The molecule has 2 amide bonds. The van der Waals surface area contributed by atoms with Gasteiger partial charge in [0.2, 0.25) is 6.41 Å². The molecule has 0 saturated carbocycles. The van der Waals surface area contributed by atoms with E-state index in [1.807, 2.05) is 30.9 Å². The molecule has 1 aliphatic rings. The molecule has 1 aromatic rings. The first kappa shape index (κ1) is 14.1. The van der Waals surface area contributed by atoms with E-state index < -0.39 is 0 Å². The van der Waals surface area contributed by atoms with Gasteiger partial charge in [0.1, 0.15) is 0 Å². The molecule has 1 heterocycles. The molecule has 1 aliphatic heterocycles. The van der Waals surface area contributed by atoms with Crippen LogP contribution in [0, 0.1) is 13.8 Å². The van der Waals surface area contributed by atoms with Crippen molar-refractivity contribution in [2.45, 2.75) is 13.8 Å². The molecule has 2 rings (SSSR count). The fourth-order valence-corrected chi connectivity index (χ4v) is 3.12. The lowest BCUT2D eigenvalue weighted by Gasteiger charge is -2.33. The van der Waals surface area contributed by atoms with Crippen LogP contribution in [0.3, 0.4) is 0 Å². The van der Waals surface area contributed by atoms with Crippen molar-refractivity contribution in [2.75, 3.05) is 26.2 Å². The number of carbonyl (C=O) groups excluding carboxylic acids is 2. The van der Waals surface area contributed by atoms with Gasteiger partial charge in [-0.25, -0.2) is 0 Å². The Bertz CT molecular complexity index is 485. The molecule has 5 heteroatoms. The van der Waals surface area contributed by atoms with Crippen molar-refractivity contribution in [3.05, 3.63) is 33.3 Å². The predicted molar refractivity (Wildman–Crippen MR) is 77.2 cm³/mol. The lowest BCUT2D eigenvalue weighted by atomic mass is 10.0. The molecule has 0 radical (unpaired) electrons. The van der Waals surface area contributed by atoms with Gasteiger partial charge in [0.25, 0.3) is 5.91 Å². The number of hydrogen-bond acceptors (Lipinski definition) is 2. The quantitative estimate of drug-likeness (QED) is 0.780. The summed E-state index contributed by atoms with van der Waals surface area (Å²) in [5.74, 6) is 0.0630. The number of aryl methyl sites for hydroxylation is 2. The highest BCUT2D eigenvalue weighted by molar-refractivity contribution is 9.10. The van der Waals surface area contributed by atoms with Crippen molar-refractivity contribution in [1.29, 1.82) is 0 Å². The lowest BCUT2D eigenvalue weighted by Crippen LogP contribution is -2.48. The Kier molecular flexibility index (Phi) is 4.24. The van der Waals surface area contributed by atoms with Crippen molar-refractivity contribution in [1.82, 2.24) is 9.80 Å². The van der Waals surface area contributed by atoms with Crippen LogP contribution in [0.5, 0.6) is 0 Å². The van der Waals surface area contributed by atoms with E-state index in [2.05, 4.69) is 15.9 Å². The second-order valence-corrected chi connectivity index (χ2v) is 5.76. The van der Waals surface area contributed by atoms with Gasteiger partial charge >= 0.3 is 0 Å². The van der Waals surface area contributed by atoms with Crippen LogP contribution in [0.2, 0.25) is 0 Å². The first-order valence-electron chi connectivity index (χ1n) is 6.28. The lowest BCUT2D eigenvalue weighted by molar-refractivity contribution is -0.119. The van der Waals surface area contributed by atoms with E-state index in [-0.39, 0.29) is 5.91 Å². The summed E-state index contributed by atoms with van der Waals surface area (Å²) in [6, 6.07) is 3.92. The van der Waals surface area contributed by atoms with Crippen LogP contribution in [0.1, 0.15) is 21.5 Å². The van der Waals surface area contributed by atoms with Crippen LogP contribution >= 0.6 is 15.9 Å². The summed E-state index contributed by atoms with van der Waals surface area (Å²) in [6.07, 6.45) is 0.845. The number of hydrogen-bond donors (Lipinski definition) is 0. The van der Waals surface area contributed by atoms with Crippen LogP contribution in [-0.4, -0.2) is 48.3 Å². The Morgan fingerprint density at radius 3 is 2.16 bits per heavy atom. The Morgan fingerprint density at radius 1 is 1.16 bits per heavy atom. The molecule has 102 valence electrons. The number of rotatable bonds is 2. The third-order valence-electron chi connectivity index (χ3n) is 3.46. The average Bonchev–Trinajstić information content (AvgIpc) is 2.37. The maximum atomic E-state index is 12.6. The van der Waals surface area contributed by atoms with Gasteiger partial charge in [-0.1, -0.05) is 15.9 Å². The molecule has 0 atom stereocenters. The van der Waals surface area contributed by atoms with Crippen LogP contribution in [0.4, 0.5) is 0 Å². The highest BCUT2D eigenvalue weighted by Crippen LogP contribution is 2.22. The topological polar surface area (TPSA) is 40.6 Å². The third kappa shape index (κ3) is 2.97. The van der Waals surface area contributed by atoms with E-state index >= 15 is 0 Å². The van der Waals surface area contributed by atoms with Crippen LogP contribution < -0.4 is 0 Å². The van der Waals surface area contributed by atoms with E-state index in [1.165, 1.54) is 0 Å². The zero-order valence-electron chi connectivity index (χ0n) is 11.1. The third-order valence-corrected chi connectivity index (χ3v) is 3.92. The first-order chi connectivity index (χ1) is 9.02. The normalized spacial score (nSPS) is 15.5. The van der Waals surface area contributed by atoms with Gasteiger partial charge in [-0.2, -0.15) is 0 Å². The van der Waals surface area contributed by atoms with Gasteiger partial charge < -0.3 is 9.80 Å². The molecular weight excluding hydrogens is 308 g/mol. The Hall–Kier alpha value is -1.36. The fourth-order valence-electron chi connectivity index (χ4n) is 2.44. The monoisotopic (exact) mass is 324 g/mol. The zero-order valence-corrected chi connectivity index (χ0v) is 12.7. The minimum Gasteiger partial charge on any atom is -0.342 e. The van der Waals surface area contributed by atoms with Gasteiger partial charge in [-0.15, -0.1) is 0 Å². The first-order valence-corrected chi connectivity index (χ1v) is 7.07. The Balaban J connectivity index is 2.19. The number of carbonyl (C=O) groups is 2. The van der Waals surface area contributed by atoms with Crippen LogP contribution in [0.25, 0.3) is 0 Å². The SMILES string of the molecule is Cc1cc(Br)cc(C)c1C(=O)N1CCN(C=O)CC1. The maximum absolute atomic E-state index is 12.6. The fraction of sp³-hybridized carbons (Fsp3) is 0.429. The number of halogens is 1. The molecule has 0 N–H and O–H groups in total. The zero-order chi connectivity index (χ0) is 14.0. The number of amides is 2. The van der Waals surface area contributed by atoms with Crippen molar-refractivity contribution in [3.8, 4) is 0 Å². The summed E-state index contributed by atoms with van der Waals surface area (Å²) < 4.78 is 0.991. The van der Waals surface area contributed by atoms with E-state index in [0.717, 1.165) is 27.6 Å². The Morgan fingerprint density at radius 2 is 1.68 bits per heavy atom. The van der Waals surface area contributed by atoms with Gasteiger partial charge in [-0.3, -0.25) is 9.59 Å².